The maximum atomic E-state index is 13.1. The molecule has 0 heterocycles. The smallest absolute Gasteiger partial charge is 0.408 e. The molecule has 0 radical (unpaired) electrons. The highest BCUT2D eigenvalue weighted by Crippen LogP contribution is 2.24. The predicted octanol–water partition coefficient (Wildman–Crippen LogP) is 3.71. The van der Waals surface area contributed by atoms with E-state index in [1.54, 1.807) is 75.4 Å². The molecular weight excluding hydrogens is 386 g/mol. The van der Waals surface area contributed by atoms with E-state index in [9.17, 15) is 19.5 Å². The van der Waals surface area contributed by atoms with Crippen LogP contribution in [0.1, 0.15) is 38.3 Å². The first-order valence-corrected chi connectivity index (χ1v) is 9.58. The average Bonchev–Trinajstić information content (AvgIpc) is 2.66. The topological polar surface area (TPSA) is 102 Å². The number of carbonyl (C=O) groups excluding carboxylic acids is 2. The molecule has 30 heavy (non-hydrogen) atoms. The monoisotopic (exact) mass is 413 g/mol. The Labute approximate surface area is 176 Å². The summed E-state index contributed by atoms with van der Waals surface area (Å²) < 4.78 is 10.7. The summed E-state index contributed by atoms with van der Waals surface area (Å²) >= 11 is 0. The van der Waals surface area contributed by atoms with Crippen molar-refractivity contribution in [3.63, 3.8) is 0 Å². The van der Waals surface area contributed by atoms with Crippen LogP contribution < -0.4 is 5.32 Å². The summed E-state index contributed by atoms with van der Waals surface area (Å²) in [6.45, 7) is 5.00. The fourth-order valence-corrected chi connectivity index (χ4v) is 2.88. The molecule has 2 aromatic carbocycles. The zero-order chi connectivity index (χ0) is 22.2. The second-order valence-corrected chi connectivity index (χ2v) is 8.00. The zero-order valence-corrected chi connectivity index (χ0v) is 17.4. The standard InChI is InChI=1S/C23H27NO6/c1-22(2,3)30-20(27)23(15-19(25)26,14-17-10-6-4-7-11-17)24-21(28)29-16-18-12-8-5-9-13-18/h4-13H,14-16H2,1-3H3,(H,24,28)(H,25,26). The van der Waals surface area contributed by atoms with Crippen LogP contribution in [0.3, 0.4) is 0 Å². The fourth-order valence-electron chi connectivity index (χ4n) is 2.88. The van der Waals surface area contributed by atoms with Gasteiger partial charge >= 0.3 is 18.0 Å². The van der Waals surface area contributed by atoms with Gasteiger partial charge in [0, 0.05) is 6.42 Å². The number of rotatable bonds is 8. The van der Waals surface area contributed by atoms with Crippen LogP contribution in [0.15, 0.2) is 60.7 Å². The van der Waals surface area contributed by atoms with Gasteiger partial charge in [-0.2, -0.15) is 0 Å². The summed E-state index contributed by atoms with van der Waals surface area (Å²) in [5.41, 5.74) is -1.26. The fraction of sp³-hybridized carbons (Fsp3) is 0.348. The molecule has 2 N–H and O–H groups in total. The molecule has 7 heteroatoms. The summed E-state index contributed by atoms with van der Waals surface area (Å²) in [7, 11) is 0. The number of amides is 1. The Morgan fingerprint density at radius 3 is 1.93 bits per heavy atom. The second kappa shape index (κ2) is 9.91. The quantitative estimate of drug-likeness (QED) is 0.640. The number of esters is 1. The zero-order valence-electron chi connectivity index (χ0n) is 17.4. The molecule has 0 bridgehead atoms. The van der Waals surface area contributed by atoms with E-state index in [0.717, 1.165) is 5.56 Å². The summed E-state index contributed by atoms with van der Waals surface area (Å²) in [6.07, 6.45) is -1.62. The SMILES string of the molecule is CC(C)(C)OC(=O)C(CC(=O)O)(Cc1ccccc1)NC(=O)OCc1ccccc1. The Kier molecular flexibility index (Phi) is 7.58. The summed E-state index contributed by atoms with van der Waals surface area (Å²) in [6, 6.07) is 17.9. The number of benzene rings is 2. The predicted molar refractivity (Wildman–Crippen MR) is 111 cm³/mol. The Morgan fingerprint density at radius 1 is 0.900 bits per heavy atom. The summed E-state index contributed by atoms with van der Waals surface area (Å²) in [5, 5.41) is 12.0. The number of ether oxygens (including phenoxy) is 2. The van der Waals surface area contributed by atoms with Crippen LogP contribution in [0.5, 0.6) is 0 Å². The lowest BCUT2D eigenvalue weighted by molar-refractivity contribution is -0.166. The van der Waals surface area contributed by atoms with Gasteiger partial charge in [0.25, 0.3) is 0 Å². The van der Waals surface area contributed by atoms with Gasteiger partial charge in [0.05, 0.1) is 6.42 Å². The van der Waals surface area contributed by atoms with Crippen LogP contribution in [0.25, 0.3) is 0 Å². The van der Waals surface area contributed by atoms with E-state index in [1.165, 1.54) is 0 Å². The minimum Gasteiger partial charge on any atom is -0.481 e. The first-order valence-electron chi connectivity index (χ1n) is 9.58. The van der Waals surface area contributed by atoms with Crippen LogP contribution >= 0.6 is 0 Å². The molecule has 2 aromatic rings. The third-order valence-corrected chi connectivity index (χ3v) is 4.15. The van der Waals surface area contributed by atoms with Gasteiger partial charge in [-0.3, -0.25) is 4.79 Å². The van der Waals surface area contributed by atoms with E-state index in [0.29, 0.717) is 5.56 Å². The number of nitrogens with one attached hydrogen (secondary N) is 1. The molecule has 0 aliphatic heterocycles. The first kappa shape index (κ1) is 22.9. The van der Waals surface area contributed by atoms with Gasteiger partial charge < -0.3 is 19.9 Å². The number of hydrogen-bond acceptors (Lipinski definition) is 5. The number of aliphatic carboxylic acids is 1. The van der Waals surface area contributed by atoms with Crippen molar-refractivity contribution < 1.29 is 29.0 Å². The van der Waals surface area contributed by atoms with E-state index < -0.39 is 35.6 Å². The summed E-state index contributed by atoms with van der Waals surface area (Å²) in [4.78, 5) is 37.3. The molecule has 7 nitrogen and oxygen atoms in total. The molecule has 0 aliphatic carbocycles. The average molecular weight is 413 g/mol. The number of carboxylic acid groups (broad SMARTS) is 1. The molecular formula is C23H27NO6. The van der Waals surface area contributed by atoms with E-state index in [-0.39, 0.29) is 13.0 Å². The molecule has 160 valence electrons. The Bertz CT molecular complexity index is 860. The molecule has 1 unspecified atom stereocenters. The maximum absolute atomic E-state index is 13.1. The number of carbonyl (C=O) groups is 3. The molecule has 0 spiro atoms. The van der Waals surface area contributed by atoms with E-state index >= 15 is 0 Å². The highest BCUT2D eigenvalue weighted by atomic mass is 16.6. The van der Waals surface area contributed by atoms with Gasteiger partial charge in [0.15, 0.2) is 5.54 Å². The van der Waals surface area contributed by atoms with Crippen LogP contribution in [0.4, 0.5) is 4.79 Å². The van der Waals surface area contributed by atoms with Gasteiger partial charge in [-0.15, -0.1) is 0 Å². The van der Waals surface area contributed by atoms with Gasteiger partial charge in [0.2, 0.25) is 0 Å². The van der Waals surface area contributed by atoms with Crippen molar-refractivity contribution in [2.45, 2.75) is 51.4 Å². The Morgan fingerprint density at radius 2 is 1.43 bits per heavy atom. The van der Waals surface area contributed by atoms with Crippen molar-refractivity contribution in [1.82, 2.24) is 5.32 Å². The lowest BCUT2D eigenvalue weighted by atomic mass is 9.87. The molecule has 1 atom stereocenters. The lowest BCUT2D eigenvalue weighted by Crippen LogP contribution is -2.59. The Balaban J connectivity index is 2.29. The van der Waals surface area contributed by atoms with Crippen molar-refractivity contribution in [2.75, 3.05) is 0 Å². The number of carboxylic acids is 1. The third kappa shape index (κ3) is 7.24. The van der Waals surface area contributed by atoms with Gasteiger partial charge in [-0.05, 0) is 31.9 Å². The van der Waals surface area contributed by atoms with Crippen molar-refractivity contribution in [2.24, 2.45) is 0 Å². The van der Waals surface area contributed by atoms with E-state index in [1.807, 2.05) is 6.07 Å². The maximum Gasteiger partial charge on any atom is 0.408 e. The van der Waals surface area contributed by atoms with Gasteiger partial charge in [-0.25, -0.2) is 9.59 Å². The highest BCUT2D eigenvalue weighted by molar-refractivity contribution is 5.90. The third-order valence-electron chi connectivity index (χ3n) is 4.15. The Hall–Kier alpha value is -3.35. The van der Waals surface area contributed by atoms with Crippen LogP contribution in [-0.4, -0.2) is 34.3 Å². The van der Waals surface area contributed by atoms with Crippen molar-refractivity contribution in [1.29, 1.82) is 0 Å². The summed E-state index contributed by atoms with van der Waals surface area (Å²) in [5.74, 6) is -2.09. The van der Waals surface area contributed by atoms with Gasteiger partial charge in [0.1, 0.15) is 12.2 Å². The van der Waals surface area contributed by atoms with Crippen molar-refractivity contribution >= 4 is 18.0 Å². The molecule has 0 saturated carbocycles. The molecule has 1 amide bonds. The highest BCUT2D eigenvalue weighted by Gasteiger charge is 2.45. The molecule has 0 saturated heterocycles. The van der Waals surface area contributed by atoms with Crippen LogP contribution in [-0.2, 0) is 32.1 Å². The minimum atomic E-state index is -1.83. The molecule has 2 rings (SSSR count). The number of hydrogen-bond donors (Lipinski definition) is 2. The van der Waals surface area contributed by atoms with Crippen molar-refractivity contribution in [3.05, 3.63) is 71.8 Å². The normalized spacial score (nSPS) is 13.0. The lowest BCUT2D eigenvalue weighted by Gasteiger charge is -2.34. The second-order valence-electron chi connectivity index (χ2n) is 8.00. The van der Waals surface area contributed by atoms with E-state index in [2.05, 4.69) is 5.32 Å². The van der Waals surface area contributed by atoms with Crippen LogP contribution in [0, 0.1) is 0 Å². The first-order chi connectivity index (χ1) is 14.1. The van der Waals surface area contributed by atoms with Crippen molar-refractivity contribution in [3.8, 4) is 0 Å². The molecule has 0 aliphatic rings. The van der Waals surface area contributed by atoms with Crippen LogP contribution in [0.2, 0.25) is 0 Å². The van der Waals surface area contributed by atoms with E-state index in [4.69, 9.17) is 9.47 Å². The minimum absolute atomic E-state index is 0.0184. The van der Waals surface area contributed by atoms with Gasteiger partial charge in [-0.1, -0.05) is 60.7 Å². The largest absolute Gasteiger partial charge is 0.481 e. The number of alkyl carbamates (subject to hydrolysis) is 1. The molecule has 0 fully saturated rings. The molecule has 0 aromatic heterocycles.